The van der Waals surface area contributed by atoms with Crippen molar-refractivity contribution < 1.29 is 12.4 Å². The molecule has 16 heavy (non-hydrogen) atoms. The van der Waals surface area contributed by atoms with Gasteiger partial charge in [-0.3, -0.25) is 0 Å². The molecule has 0 aromatic rings. The van der Waals surface area contributed by atoms with Gasteiger partial charge in [-0.2, -0.15) is 0 Å². The average Bonchev–Trinajstić information content (AvgIpc) is 2.26. The molecule has 94 valence electrons. The van der Waals surface area contributed by atoms with Crippen LogP contribution in [0, 0.1) is 0 Å². The molecule has 0 radical (unpaired) electrons. The van der Waals surface area contributed by atoms with Crippen molar-refractivity contribution in [2.24, 2.45) is 0 Å². The summed E-state index contributed by atoms with van der Waals surface area (Å²) in [5, 5.41) is 0. The third-order valence-corrected chi connectivity index (χ3v) is 3.60. The minimum Gasteiger partial charge on any atom is -1.00 e. The molecule has 0 nitrogen and oxygen atoms in total. The van der Waals surface area contributed by atoms with Crippen molar-refractivity contribution in [3.63, 3.8) is 0 Å². The molecule has 0 aliphatic rings. The Morgan fingerprint density at radius 2 is 0.875 bits per heavy atom. The Balaban J connectivity index is 0. The Bertz CT molecular complexity index is 94.9. The summed E-state index contributed by atoms with van der Waals surface area (Å²) in [6, 6.07) is 0. The van der Waals surface area contributed by atoms with Crippen molar-refractivity contribution in [1.29, 1.82) is 0 Å². The fourth-order valence-electron chi connectivity index (χ4n) is 2.02. The smallest absolute Gasteiger partial charge is 1.00 e. The van der Waals surface area contributed by atoms with Crippen LogP contribution < -0.4 is 12.4 Å². The quantitative estimate of drug-likeness (QED) is 0.371. The van der Waals surface area contributed by atoms with E-state index < -0.39 is 0 Å². The second kappa shape index (κ2) is 18.4. The first-order valence-corrected chi connectivity index (χ1v) is 8.21. The Labute approximate surface area is 122 Å². The first kappa shape index (κ1) is 19.4. The molecule has 0 heterocycles. The molecule has 0 spiro atoms. The van der Waals surface area contributed by atoms with E-state index in [0.29, 0.717) is 0 Å². The second-order valence-electron chi connectivity index (χ2n) is 4.74. The first-order chi connectivity index (χ1) is 7.41. The molecule has 0 atom stereocenters. The molecule has 0 saturated heterocycles. The molecule has 0 aliphatic carbocycles. The Hall–Kier alpha value is 1.06. The minimum atomic E-state index is 0. The van der Waals surface area contributed by atoms with Crippen LogP contribution in [0.5, 0.6) is 0 Å². The molecule has 0 saturated carbocycles. The number of hydrogen-bond acceptors (Lipinski definition) is 0. The van der Waals surface area contributed by atoms with Crippen LogP contribution in [0.15, 0.2) is 0 Å². The van der Waals surface area contributed by atoms with Gasteiger partial charge in [0.25, 0.3) is 0 Å². The van der Waals surface area contributed by atoms with Crippen LogP contribution in [-0.4, -0.2) is 21.7 Å². The van der Waals surface area contributed by atoms with Gasteiger partial charge in [0.15, 0.2) is 0 Å². The van der Waals surface area contributed by atoms with Gasteiger partial charge in [0.05, 0.1) is 0 Å². The fourth-order valence-corrected chi connectivity index (χ4v) is 2.37. The summed E-state index contributed by atoms with van der Waals surface area (Å²) in [5.74, 6) is 0. The van der Waals surface area contributed by atoms with Gasteiger partial charge in [0.1, 0.15) is 0 Å². The molecule has 0 aromatic heterocycles. The zero-order valence-corrected chi connectivity index (χ0v) is 13.4. The van der Waals surface area contributed by atoms with Gasteiger partial charge in [-0.05, 0) is 0 Å². The molecule has 0 unspecified atom stereocenters. The standard InChI is InChI=1S/C14H29.ClH.Mg/c1-3-5-7-9-11-13-14-12-10-8-6-4-2;;/h1,3-14H2,2H3;1H;/q;;+1/p-1. The average molecular weight is 257 g/mol. The molecule has 0 rings (SSSR count). The van der Waals surface area contributed by atoms with Crippen molar-refractivity contribution in [3.8, 4) is 0 Å². The van der Waals surface area contributed by atoms with Crippen molar-refractivity contribution in [1.82, 2.24) is 0 Å². The normalized spacial score (nSPS) is 10.2. The van der Waals surface area contributed by atoms with E-state index in [2.05, 4.69) is 28.6 Å². The summed E-state index contributed by atoms with van der Waals surface area (Å²) in [6.45, 7) is 2.29. The Morgan fingerprint density at radius 1 is 0.562 bits per heavy atom. The van der Waals surface area contributed by atoms with E-state index in [4.69, 9.17) is 0 Å². The van der Waals surface area contributed by atoms with E-state index in [9.17, 15) is 0 Å². The van der Waals surface area contributed by atoms with Crippen LogP contribution in [0.4, 0.5) is 0 Å². The van der Waals surface area contributed by atoms with E-state index in [1.165, 1.54) is 81.6 Å². The number of unbranched alkanes of at least 4 members (excludes halogenated alkanes) is 11. The van der Waals surface area contributed by atoms with E-state index in [1.807, 2.05) is 0 Å². The predicted octanol–water partition coefficient (Wildman–Crippen LogP) is 2.28. The number of rotatable bonds is 12. The Morgan fingerprint density at radius 3 is 1.19 bits per heavy atom. The third-order valence-electron chi connectivity index (χ3n) is 3.10. The fraction of sp³-hybridized carbons (Fsp3) is 1.00. The van der Waals surface area contributed by atoms with Gasteiger partial charge in [-0.1, -0.05) is 13.3 Å². The molecular weight excluding hydrogens is 228 g/mol. The van der Waals surface area contributed by atoms with Crippen molar-refractivity contribution in [3.05, 3.63) is 0 Å². The maximum Gasteiger partial charge on any atom is -1.00 e. The van der Waals surface area contributed by atoms with Gasteiger partial charge in [0, 0.05) is 0 Å². The number of hydrogen-bond donors (Lipinski definition) is 0. The maximum atomic E-state index is 2.29. The second-order valence-corrected chi connectivity index (χ2v) is 5.45. The summed E-state index contributed by atoms with van der Waals surface area (Å²) in [4.78, 5) is 0. The summed E-state index contributed by atoms with van der Waals surface area (Å²) < 4.78 is 1.40. The summed E-state index contributed by atoms with van der Waals surface area (Å²) in [6.07, 6.45) is 17.6. The predicted molar refractivity (Wildman–Crippen MR) is 71.6 cm³/mol. The van der Waals surface area contributed by atoms with Crippen LogP contribution in [0.2, 0.25) is 4.55 Å². The molecule has 0 bridgehead atoms. The monoisotopic (exact) mass is 256 g/mol. The van der Waals surface area contributed by atoms with Gasteiger partial charge < -0.3 is 12.4 Å². The molecule has 0 aromatic carbocycles. The van der Waals surface area contributed by atoms with E-state index in [-0.39, 0.29) is 12.4 Å². The zero-order valence-electron chi connectivity index (χ0n) is 11.3. The van der Waals surface area contributed by atoms with Crippen LogP contribution in [0.1, 0.15) is 84.0 Å². The SMILES string of the molecule is CCCCCCCCCCCCC[CH2][Mg+].[Cl-]. The Kier molecular flexibility index (Phi) is 22.3. The number of halogens is 1. The molecule has 2 heteroatoms. The molecule has 0 fully saturated rings. The van der Waals surface area contributed by atoms with Crippen LogP contribution in [0.25, 0.3) is 0 Å². The summed E-state index contributed by atoms with van der Waals surface area (Å²) in [7, 11) is 0. The van der Waals surface area contributed by atoms with Crippen LogP contribution in [0.3, 0.4) is 0 Å². The molecule has 0 amide bonds. The molecule has 0 aliphatic heterocycles. The van der Waals surface area contributed by atoms with Crippen LogP contribution in [-0.2, 0) is 0 Å². The maximum absolute atomic E-state index is 2.29. The van der Waals surface area contributed by atoms with Crippen LogP contribution >= 0.6 is 0 Å². The summed E-state index contributed by atoms with van der Waals surface area (Å²) >= 11 is 2.11. The van der Waals surface area contributed by atoms with Crippen molar-refractivity contribution in [2.45, 2.75) is 88.5 Å². The first-order valence-electron chi connectivity index (χ1n) is 7.21. The summed E-state index contributed by atoms with van der Waals surface area (Å²) in [5.41, 5.74) is 0. The van der Waals surface area contributed by atoms with Gasteiger partial charge >= 0.3 is 96.9 Å². The largest absolute Gasteiger partial charge is 1.00 e. The third kappa shape index (κ3) is 17.5. The van der Waals surface area contributed by atoms with Gasteiger partial charge in [-0.25, -0.2) is 0 Å². The van der Waals surface area contributed by atoms with E-state index in [0.717, 1.165) is 0 Å². The van der Waals surface area contributed by atoms with Crippen molar-refractivity contribution >= 4 is 21.7 Å². The van der Waals surface area contributed by atoms with Gasteiger partial charge in [0.2, 0.25) is 0 Å². The van der Waals surface area contributed by atoms with Gasteiger partial charge in [-0.15, -0.1) is 0 Å². The molecule has 0 N–H and O–H groups in total. The minimum absolute atomic E-state index is 0. The molecular formula is C14H29ClMg. The van der Waals surface area contributed by atoms with Crippen molar-refractivity contribution in [2.75, 3.05) is 0 Å². The van der Waals surface area contributed by atoms with E-state index >= 15 is 0 Å². The van der Waals surface area contributed by atoms with E-state index in [1.54, 1.807) is 0 Å². The zero-order chi connectivity index (χ0) is 11.2. The topological polar surface area (TPSA) is 0 Å².